The van der Waals surface area contributed by atoms with Crippen molar-refractivity contribution in [3.63, 3.8) is 0 Å². The topological polar surface area (TPSA) is 40.5 Å². The third-order valence-electron chi connectivity index (χ3n) is 1.69. The van der Waals surface area contributed by atoms with Crippen molar-refractivity contribution in [2.24, 2.45) is 0 Å². The van der Waals surface area contributed by atoms with Crippen molar-refractivity contribution in [2.75, 3.05) is 12.4 Å². The third kappa shape index (κ3) is 10.6. The molecule has 4 heteroatoms. The standard InChI is InChI=1S/C8H18O2S2/c9-7-5-3-1-2-4-6-8-11-12-10/h9-10H,1-8H2. The monoisotopic (exact) mass is 210 g/mol. The first kappa shape index (κ1) is 12.6. The highest BCUT2D eigenvalue weighted by Crippen LogP contribution is 2.18. The molecule has 0 aromatic rings. The summed E-state index contributed by atoms with van der Waals surface area (Å²) in [6, 6.07) is 0. The van der Waals surface area contributed by atoms with Crippen LogP contribution in [0.15, 0.2) is 0 Å². The molecule has 0 saturated heterocycles. The van der Waals surface area contributed by atoms with Gasteiger partial charge in [0, 0.05) is 12.4 Å². The van der Waals surface area contributed by atoms with E-state index in [0.29, 0.717) is 6.61 Å². The zero-order valence-corrected chi connectivity index (χ0v) is 9.00. The molecule has 0 aromatic heterocycles. The number of unbranched alkanes of at least 4 members (excludes halogenated alkanes) is 5. The lowest BCUT2D eigenvalue weighted by Gasteiger charge is -1.99. The molecule has 0 radical (unpaired) electrons. The van der Waals surface area contributed by atoms with E-state index in [-0.39, 0.29) is 0 Å². The molecule has 0 unspecified atom stereocenters. The fraction of sp³-hybridized carbons (Fsp3) is 1.00. The number of hydrogen-bond donors (Lipinski definition) is 2. The Labute approximate surface area is 82.7 Å². The van der Waals surface area contributed by atoms with Crippen molar-refractivity contribution in [2.45, 2.75) is 38.5 Å². The molecule has 0 aliphatic carbocycles. The molecule has 0 saturated carbocycles. The predicted molar refractivity (Wildman–Crippen MR) is 57.5 cm³/mol. The van der Waals surface area contributed by atoms with Crippen LogP contribution in [0.3, 0.4) is 0 Å². The lowest BCUT2D eigenvalue weighted by atomic mass is 10.1. The molecule has 12 heavy (non-hydrogen) atoms. The molecule has 2 N–H and O–H groups in total. The van der Waals surface area contributed by atoms with Crippen LogP contribution in [-0.2, 0) is 0 Å². The van der Waals surface area contributed by atoms with E-state index in [2.05, 4.69) is 0 Å². The van der Waals surface area contributed by atoms with E-state index >= 15 is 0 Å². The Kier molecular flexibility index (Phi) is 12.2. The van der Waals surface area contributed by atoms with E-state index in [9.17, 15) is 0 Å². The molecule has 2 nitrogen and oxygen atoms in total. The predicted octanol–water partition coefficient (Wildman–Crippen LogP) is 3.17. The van der Waals surface area contributed by atoms with Crippen LogP contribution in [0.1, 0.15) is 38.5 Å². The van der Waals surface area contributed by atoms with Crippen molar-refractivity contribution in [1.29, 1.82) is 0 Å². The number of aliphatic hydroxyl groups excluding tert-OH is 1. The normalized spacial score (nSPS) is 10.5. The van der Waals surface area contributed by atoms with Crippen molar-refractivity contribution < 1.29 is 9.66 Å². The van der Waals surface area contributed by atoms with Crippen molar-refractivity contribution >= 4 is 21.9 Å². The van der Waals surface area contributed by atoms with Gasteiger partial charge in [0.15, 0.2) is 0 Å². The summed E-state index contributed by atoms with van der Waals surface area (Å²) < 4.78 is 8.39. The molecule has 0 fully saturated rings. The van der Waals surface area contributed by atoms with E-state index in [1.54, 1.807) is 0 Å². The smallest absolute Gasteiger partial charge is 0.0593 e. The number of aliphatic hydroxyl groups is 1. The van der Waals surface area contributed by atoms with Gasteiger partial charge < -0.3 is 9.66 Å². The van der Waals surface area contributed by atoms with Gasteiger partial charge in [0.05, 0.1) is 11.1 Å². The number of rotatable bonds is 9. The van der Waals surface area contributed by atoms with Crippen LogP contribution >= 0.6 is 21.9 Å². The molecule has 0 rings (SSSR count). The minimum Gasteiger partial charge on any atom is -0.396 e. The molecular weight excluding hydrogens is 192 g/mol. The minimum absolute atomic E-state index is 0.330. The number of hydrogen-bond acceptors (Lipinski definition) is 4. The molecule has 0 spiro atoms. The first-order valence-corrected chi connectivity index (χ1v) is 6.73. The fourth-order valence-corrected chi connectivity index (χ4v) is 1.99. The van der Waals surface area contributed by atoms with Crippen LogP contribution < -0.4 is 0 Å². The molecule has 0 atom stereocenters. The minimum atomic E-state index is 0.330. The van der Waals surface area contributed by atoms with Gasteiger partial charge in [0.2, 0.25) is 0 Å². The Bertz CT molecular complexity index is 71.5. The fourth-order valence-electron chi connectivity index (χ4n) is 1.02. The van der Waals surface area contributed by atoms with Crippen LogP contribution in [0.25, 0.3) is 0 Å². The summed E-state index contributed by atoms with van der Waals surface area (Å²) in [7, 11) is 1.51. The Hall–Kier alpha value is 0.620. The molecular formula is C8H18O2S2. The summed E-state index contributed by atoms with van der Waals surface area (Å²) in [6.45, 7) is 0.330. The van der Waals surface area contributed by atoms with Crippen molar-refractivity contribution in [1.82, 2.24) is 0 Å². The quantitative estimate of drug-likeness (QED) is 0.348. The Morgan fingerprint density at radius 2 is 1.42 bits per heavy atom. The van der Waals surface area contributed by atoms with Gasteiger partial charge in [-0.1, -0.05) is 36.5 Å². The zero-order valence-electron chi connectivity index (χ0n) is 7.37. The highest BCUT2D eigenvalue weighted by molar-refractivity contribution is 8.74. The second kappa shape index (κ2) is 11.6. The second-order valence-electron chi connectivity index (χ2n) is 2.74. The summed E-state index contributed by atoms with van der Waals surface area (Å²) in [5, 5.41) is 8.51. The molecule has 0 amide bonds. The molecule has 74 valence electrons. The average molecular weight is 210 g/mol. The van der Waals surface area contributed by atoms with Crippen molar-refractivity contribution in [3.8, 4) is 0 Å². The van der Waals surface area contributed by atoms with Crippen molar-refractivity contribution in [3.05, 3.63) is 0 Å². The highest BCUT2D eigenvalue weighted by atomic mass is 33.1. The first-order valence-electron chi connectivity index (χ1n) is 4.45. The van der Waals surface area contributed by atoms with E-state index < -0.39 is 0 Å². The summed E-state index contributed by atoms with van der Waals surface area (Å²) in [5.74, 6) is 1.04. The maximum Gasteiger partial charge on any atom is 0.0593 e. The van der Waals surface area contributed by atoms with Crippen LogP contribution in [-0.4, -0.2) is 22.0 Å². The molecule has 0 aromatic carbocycles. The lowest BCUT2D eigenvalue weighted by Crippen LogP contribution is -1.84. The van der Waals surface area contributed by atoms with Gasteiger partial charge >= 0.3 is 0 Å². The van der Waals surface area contributed by atoms with Gasteiger partial charge in [-0.05, 0) is 12.8 Å². The second-order valence-corrected chi connectivity index (χ2v) is 4.69. The maximum atomic E-state index is 8.51. The molecule has 0 bridgehead atoms. The summed E-state index contributed by atoms with van der Waals surface area (Å²) in [4.78, 5) is 0. The summed E-state index contributed by atoms with van der Waals surface area (Å²) in [6.07, 6.45) is 7.03. The third-order valence-corrected chi connectivity index (χ3v) is 3.07. The average Bonchev–Trinajstić information content (AvgIpc) is 2.10. The van der Waals surface area contributed by atoms with Gasteiger partial charge in [0.25, 0.3) is 0 Å². The van der Waals surface area contributed by atoms with Crippen LogP contribution in [0, 0.1) is 0 Å². The van der Waals surface area contributed by atoms with E-state index in [4.69, 9.17) is 9.66 Å². The van der Waals surface area contributed by atoms with Crippen LogP contribution in [0.5, 0.6) is 0 Å². The Balaban J connectivity index is 2.73. The van der Waals surface area contributed by atoms with Crippen LogP contribution in [0.4, 0.5) is 0 Å². The SMILES string of the molecule is OCCCCCCCCSSO. The first-order chi connectivity index (χ1) is 5.91. The highest BCUT2D eigenvalue weighted by Gasteiger charge is 1.91. The Morgan fingerprint density at radius 3 is 2.00 bits per heavy atom. The van der Waals surface area contributed by atoms with Gasteiger partial charge in [-0.3, -0.25) is 0 Å². The molecule has 0 aliphatic rings. The zero-order chi connectivity index (χ0) is 9.07. The largest absolute Gasteiger partial charge is 0.396 e. The lowest BCUT2D eigenvalue weighted by molar-refractivity contribution is 0.282. The molecule has 0 heterocycles. The Morgan fingerprint density at radius 1 is 0.833 bits per heavy atom. The van der Waals surface area contributed by atoms with Gasteiger partial charge in [0.1, 0.15) is 0 Å². The van der Waals surface area contributed by atoms with Gasteiger partial charge in [-0.25, -0.2) is 0 Å². The van der Waals surface area contributed by atoms with Crippen LogP contribution in [0.2, 0.25) is 0 Å². The van der Waals surface area contributed by atoms with E-state index in [1.807, 2.05) is 0 Å². The van der Waals surface area contributed by atoms with E-state index in [0.717, 1.165) is 29.7 Å². The maximum absolute atomic E-state index is 8.51. The summed E-state index contributed by atoms with van der Waals surface area (Å²) in [5.41, 5.74) is 0. The van der Waals surface area contributed by atoms with E-state index in [1.165, 1.54) is 36.5 Å². The molecule has 0 aliphatic heterocycles. The van der Waals surface area contributed by atoms with Gasteiger partial charge in [-0.15, -0.1) is 0 Å². The van der Waals surface area contributed by atoms with Gasteiger partial charge in [-0.2, -0.15) is 0 Å². The summed E-state index contributed by atoms with van der Waals surface area (Å²) >= 11 is 0.857.